The first-order valence-electron chi connectivity index (χ1n) is 8.88. The summed E-state index contributed by atoms with van der Waals surface area (Å²) in [4.78, 5) is 36.7. The molecule has 142 valence electrons. The second-order valence-corrected chi connectivity index (χ2v) is 6.19. The number of para-hydroxylation sites is 1. The van der Waals surface area contributed by atoms with Crippen molar-refractivity contribution in [1.82, 2.24) is 0 Å². The topological polar surface area (TPSA) is 84.5 Å². The largest absolute Gasteiger partial charge is 0.462 e. The summed E-state index contributed by atoms with van der Waals surface area (Å²) in [6, 6.07) is 11.9. The van der Waals surface area contributed by atoms with Crippen LogP contribution in [0.1, 0.15) is 41.3 Å². The number of nitrogens with one attached hydrogen (secondary N) is 2. The van der Waals surface area contributed by atoms with Gasteiger partial charge in [-0.05, 0) is 49.6 Å². The molecule has 0 spiro atoms. The molecule has 2 aromatic rings. The Labute approximate surface area is 158 Å². The maximum atomic E-state index is 12.3. The number of esters is 1. The number of hydrogen-bond acceptors (Lipinski definition) is 4. The van der Waals surface area contributed by atoms with Crippen molar-refractivity contribution in [1.29, 1.82) is 0 Å². The van der Waals surface area contributed by atoms with Gasteiger partial charge in [0.05, 0.1) is 17.9 Å². The lowest BCUT2D eigenvalue weighted by Crippen LogP contribution is -2.30. The van der Waals surface area contributed by atoms with Crippen molar-refractivity contribution in [2.45, 2.75) is 33.6 Å². The Hall–Kier alpha value is -3.15. The van der Waals surface area contributed by atoms with Gasteiger partial charge in [0, 0.05) is 5.69 Å². The van der Waals surface area contributed by atoms with Gasteiger partial charge in [0.1, 0.15) is 0 Å². The number of carbonyl (C=O) groups excluding carboxylic acids is 3. The van der Waals surface area contributed by atoms with Gasteiger partial charge < -0.3 is 15.4 Å². The number of ether oxygens (including phenoxy) is 1. The molecule has 0 aliphatic heterocycles. The van der Waals surface area contributed by atoms with Crippen LogP contribution in [0, 0.1) is 13.8 Å². The summed E-state index contributed by atoms with van der Waals surface area (Å²) in [6.07, 6.45) is 1.67. The zero-order valence-electron chi connectivity index (χ0n) is 15.8. The van der Waals surface area contributed by atoms with Crippen LogP contribution < -0.4 is 10.6 Å². The minimum atomic E-state index is -0.857. The van der Waals surface area contributed by atoms with Crippen LogP contribution in [0.3, 0.4) is 0 Å². The van der Waals surface area contributed by atoms with E-state index in [2.05, 4.69) is 10.6 Å². The quantitative estimate of drug-likeness (QED) is 0.461. The van der Waals surface area contributed by atoms with Crippen LogP contribution >= 0.6 is 0 Å². The number of amides is 2. The summed E-state index contributed by atoms with van der Waals surface area (Å²) in [5.41, 5.74) is 2.91. The van der Waals surface area contributed by atoms with Gasteiger partial charge in [-0.2, -0.15) is 0 Å². The maximum absolute atomic E-state index is 12.3. The van der Waals surface area contributed by atoms with Crippen molar-refractivity contribution in [3.8, 4) is 0 Å². The average molecular weight is 368 g/mol. The molecule has 2 amide bonds. The monoisotopic (exact) mass is 368 g/mol. The van der Waals surface area contributed by atoms with Crippen LogP contribution in [-0.4, -0.2) is 24.4 Å². The zero-order chi connectivity index (χ0) is 19.8. The van der Waals surface area contributed by atoms with Crippen molar-refractivity contribution in [2.24, 2.45) is 0 Å². The van der Waals surface area contributed by atoms with E-state index >= 15 is 0 Å². The predicted molar refractivity (Wildman–Crippen MR) is 105 cm³/mol. The summed E-state index contributed by atoms with van der Waals surface area (Å²) >= 11 is 0. The first-order chi connectivity index (χ1) is 12.9. The van der Waals surface area contributed by atoms with Crippen LogP contribution in [-0.2, 0) is 14.3 Å². The second-order valence-electron chi connectivity index (χ2n) is 6.19. The van der Waals surface area contributed by atoms with Crippen LogP contribution in [0.5, 0.6) is 0 Å². The lowest BCUT2D eigenvalue weighted by Gasteiger charge is -2.12. The smallest absolute Gasteiger partial charge is 0.340 e. The third-order valence-electron chi connectivity index (χ3n) is 4.19. The Morgan fingerprint density at radius 2 is 1.52 bits per heavy atom. The number of rotatable bonds is 6. The van der Waals surface area contributed by atoms with Crippen molar-refractivity contribution in [3.05, 3.63) is 59.2 Å². The Morgan fingerprint density at radius 1 is 0.889 bits per heavy atom. The van der Waals surface area contributed by atoms with Gasteiger partial charge in [-0.15, -0.1) is 0 Å². The highest BCUT2D eigenvalue weighted by atomic mass is 16.5. The van der Waals surface area contributed by atoms with E-state index in [9.17, 15) is 14.4 Å². The van der Waals surface area contributed by atoms with Gasteiger partial charge in [-0.1, -0.05) is 37.6 Å². The third-order valence-corrected chi connectivity index (χ3v) is 4.19. The minimum Gasteiger partial charge on any atom is -0.462 e. The van der Waals surface area contributed by atoms with Crippen LogP contribution in [0.2, 0.25) is 0 Å². The zero-order valence-corrected chi connectivity index (χ0v) is 15.8. The number of aryl methyl sites for hydroxylation is 1. The fourth-order valence-electron chi connectivity index (χ4n) is 2.40. The Balaban J connectivity index is 2.08. The van der Waals surface area contributed by atoms with E-state index in [4.69, 9.17) is 4.74 Å². The lowest BCUT2D eigenvalue weighted by atomic mass is 10.1. The van der Waals surface area contributed by atoms with Gasteiger partial charge in [-0.3, -0.25) is 9.59 Å². The van der Waals surface area contributed by atoms with Crippen LogP contribution in [0.25, 0.3) is 0 Å². The first-order valence-corrected chi connectivity index (χ1v) is 8.88. The summed E-state index contributed by atoms with van der Waals surface area (Å²) < 4.78 is 5.18. The average Bonchev–Trinajstić information content (AvgIpc) is 2.66. The van der Waals surface area contributed by atoms with Gasteiger partial charge in [0.15, 0.2) is 0 Å². The third kappa shape index (κ3) is 5.41. The molecule has 0 saturated carbocycles. The van der Waals surface area contributed by atoms with Crippen molar-refractivity contribution < 1.29 is 19.1 Å². The fourth-order valence-corrected chi connectivity index (χ4v) is 2.40. The van der Waals surface area contributed by atoms with Crippen LogP contribution in [0.4, 0.5) is 11.4 Å². The van der Waals surface area contributed by atoms with E-state index in [1.807, 2.05) is 26.8 Å². The molecular formula is C21H24N2O4. The summed E-state index contributed by atoms with van der Waals surface area (Å²) in [5.74, 6) is -2.20. The van der Waals surface area contributed by atoms with Gasteiger partial charge in [0.25, 0.3) is 0 Å². The molecule has 2 N–H and O–H groups in total. The van der Waals surface area contributed by atoms with E-state index in [0.717, 1.165) is 24.0 Å². The second kappa shape index (κ2) is 9.52. The molecule has 0 aliphatic rings. The molecule has 0 saturated heterocycles. The van der Waals surface area contributed by atoms with Gasteiger partial charge in [0.2, 0.25) is 0 Å². The van der Waals surface area contributed by atoms with E-state index in [-0.39, 0.29) is 11.3 Å². The van der Waals surface area contributed by atoms with E-state index < -0.39 is 17.8 Å². The molecule has 0 bridgehead atoms. The highest BCUT2D eigenvalue weighted by Gasteiger charge is 2.19. The fraction of sp³-hybridized carbons (Fsp3) is 0.286. The molecule has 0 atom stereocenters. The molecule has 0 aromatic heterocycles. The molecule has 2 aromatic carbocycles. The lowest BCUT2D eigenvalue weighted by molar-refractivity contribution is -0.133. The number of hydrogen-bond donors (Lipinski definition) is 2. The van der Waals surface area contributed by atoms with Gasteiger partial charge in [-0.25, -0.2) is 4.79 Å². The van der Waals surface area contributed by atoms with Crippen molar-refractivity contribution in [2.75, 3.05) is 17.2 Å². The highest BCUT2D eigenvalue weighted by molar-refractivity contribution is 6.44. The molecular weight excluding hydrogens is 344 g/mol. The van der Waals surface area contributed by atoms with E-state index in [1.165, 1.54) is 0 Å². The summed E-state index contributed by atoms with van der Waals surface area (Å²) in [7, 11) is 0. The first kappa shape index (κ1) is 20.2. The van der Waals surface area contributed by atoms with Gasteiger partial charge >= 0.3 is 17.8 Å². The Bertz CT molecular complexity index is 846. The van der Waals surface area contributed by atoms with Crippen molar-refractivity contribution in [3.63, 3.8) is 0 Å². The normalized spacial score (nSPS) is 10.2. The van der Waals surface area contributed by atoms with Crippen molar-refractivity contribution >= 4 is 29.2 Å². The molecule has 2 rings (SSSR count). The number of benzene rings is 2. The molecule has 0 fully saturated rings. The summed E-state index contributed by atoms with van der Waals surface area (Å²) in [6.45, 7) is 6.09. The molecule has 0 unspecified atom stereocenters. The predicted octanol–water partition coefficient (Wildman–Crippen LogP) is 3.84. The number of carbonyl (C=O) groups is 3. The van der Waals surface area contributed by atoms with E-state index in [1.54, 1.807) is 36.4 Å². The van der Waals surface area contributed by atoms with Crippen LogP contribution in [0.15, 0.2) is 42.5 Å². The molecule has 6 nitrogen and oxygen atoms in total. The molecule has 0 aliphatic carbocycles. The van der Waals surface area contributed by atoms with E-state index in [0.29, 0.717) is 12.3 Å². The Morgan fingerprint density at radius 3 is 2.22 bits per heavy atom. The highest BCUT2D eigenvalue weighted by Crippen LogP contribution is 2.19. The SMILES string of the molecule is CCCCOC(=O)c1ccccc1NC(=O)C(=O)Nc1cccc(C)c1C. The maximum Gasteiger partial charge on any atom is 0.340 e. The summed E-state index contributed by atoms with van der Waals surface area (Å²) in [5, 5.41) is 5.08. The molecule has 27 heavy (non-hydrogen) atoms. The molecule has 0 radical (unpaired) electrons. The minimum absolute atomic E-state index is 0.210. The molecule has 0 heterocycles. The number of unbranched alkanes of at least 4 members (excludes halogenated alkanes) is 1. The number of anilines is 2. The molecule has 6 heteroatoms. The Kier molecular flexibility index (Phi) is 7.11. The standard InChI is InChI=1S/C21H24N2O4/c1-4-5-13-27-21(26)16-10-6-7-11-18(16)23-20(25)19(24)22-17-12-8-9-14(2)15(17)3/h6-12H,4-5,13H2,1-3H3,(H,22,24)(H,23,25).